The zero-order valence-electron chi connectivity index (χ0n) is 16.1. The lowest BCUT2D eigenvalue weighted by atomic mass is 9.80. The summed E-state index contributed by atoms with van der Waals surface area (Å²) in [7, 11) is 0. The molecule has 0 aromatic heterocycles. The number of rotatable bonds is 6. The minimum absolute atomic E-state index is 0.364. The summed E-state index contributed by atoms with van der Waals surface area (Å²) in [6, 6.07) is 30.2. The minimum Gasteiger partial charge on any atom is -0.379 e. The van der Waals surface area contributed by atoms with Crippen LogP contribution in [0.25, 0.3) is 0 Å². The third kappa shape index (κ3) is 3.61. The molecule has 1 saturated heterocycles. The number of nitrogens with two attached hydrogens (primary N) is 1. The fraction of sp³-hybridized carbons (Fsp3) is 0.280. The standard InChI is InChI=1S/C25H28N2O/c26-24(19-27-18-10-17-23(27)20-11-4-1-5-12-20)25(28,21-13-6-2-7-14-21)22-15-8-3-9-16-22/h1-9,11-16,23-24,28H,10,17-19,26H2/t23?,24-/m0/s1. The van der Waals surface area contributed by atoms with Gasteiger partial charge >= 0.3 is 0 Å². The molecule has 0 radical (unpaired) electrons. The quantitative estimate of drug-likeness (QED) is 0.685. The first-order valence-corrected chi connectivity index (χ1v) is 10.1. The van der Waals surface area contributed by atoms with Crippen molar-refractivity contribution in [3.05, 3.63) is 108 Å². The second kappa shape index (κ2) is 8.27. The van der Waals surface area contributed by atoms with Crippen LogP contribution in [0.5, 0.6) is 0 Å². The summed E-state index contributed by atoms with van der Waals surface area (Å²) in [6.07, 6.45) is 2.28. The summed E-state index contributed by atoms with van der Waals surface area (Å²) >= 11 is 0. The largest absolute Gasteiger partial charge is 0.379 e. The van der Waals surface area contributed by atoms with Crippen molar-refractivity contribution in [1.29, 1.82) is 0 Å². The van der Waals surface area contributed by atoms with Crippen molar-refractivity contribution < 1.29 is 5.11 Å². The van der Waals surface area contributed by atoms with Gasteiger partial charge in [0.1, 0.15) is 5.60 Å². The molecule has 0 bridgehead atoms. The van der Waals surface area contributed by atoms with Gasteiger partial charge in [0.2, 0.25) is 0 Å². The molecule has 1 heterocycles. The first-order chi connectivity index (χ1) is 13.7. The van der Waals surface area contributed by atoms with E-state index in [9.17, 15) is 5.11 Å². The molecule has 3 aromatic carbocycles. The van der Waals surface area contributed by atoms with Crippen LogP contribution in [0.1, 0.15) is 35.6 Å². The van der Waals surface area contributed by atoms with Crippen LogP contribution in [0.2, 0.25) is 0 Å². The van der Waals surface area contributed by atoms with E-state index in [-0.39, 0.29) is 0 Å². The number of benzene rings is 3. The maximum atomic E-state index is 11.9. The Labute approximate surface area is 167 Å². The Balaban J connectivity index is 1.64. The van der Waals surface area contributed by atoms with Crippen molar-refractivity contribution in [2.45, 2.75) is 30.5 Å². The van der Waals surface area contributed by atoms with E-state index in [1.165, 1.54) is 5.56 Å². The molecule has 3 N–H and O–H groups in total. The molecular weight excluding hydrogens is 344 g/mol. The summed E-state index contributed by atoms with van der Waals surface area (Å²) in [5.74, 6) is 0. The average Bonchev–Trinajstić information content (AvgIpc) is 3.23. The van der Waals surface area contributed by atoms with Gasteiger partial charge in [0.15, 0.2) is 0 Å². The first kappa shape index (κ1) is 18.9. The predicted octanol–water partition coefficient (Wildman–Crippen LogP) is 4.09. The lowest BCUT2D eigenvalue weighted by Crippen LogP contribution is -2.52. The van der Waals surface area contributed by atoms with E-state index >= 15 is 0 Å². The van der Waals surface area contributed by atoms with Crippen LogP contribution in [0.15, 0.2) is 91.0 Å². The molecule has 28 heavy (non-hydrogen) atoms. The zero-order chi connectivity index (χ0) is 19.4. The molecule has 3 aromatic rings. The Bertz CT molecular complexity index is 827. The summed E-state index contributed by atoms with van der Waals surface area (Å²) in [5, 5.41) is 11.9. The molecule has 2 atom stereocenters. The van der Waals surface area contributed by atoms with E-state index in [0.717, 1.165) is 30.5 Å². The SMILES string of the molecule is N[C@@H](CN1CCCC1c1ccccc1)C(O)(c1ccccc1)c1ccccc1. The number of likely N-dealkylation sites (tertiary alicyclic amines) is 1. The van der Waals surface area contributed by atoms with Crippen LogP contribution in [0, 0.1) is 0 Å². The summed E-state index contributed by atoms with van der Waals surface area (Å²) in [5.41, 5.74) is 8.52. The Hall–Kier alpha value is -2.46. The monoisotopic (exact) mass is 372 g/mol. The van der Waals surface area contributed by atoms with Crippen LogP contribution in [0.4, 0.5) is 0 Å². The van der Waals surface area contributed by atoms with Gasteiger partial charge in [-0.15, -0.1) is 0 Å². The van der Waals surface area contributed by atoms with Crippen LogP contribution >= 0.6 is 0 Å². The average molecular weight is 373 g/mol. The third-order valence-electron chi connectivity index (χ3n) is 5.94. The molecule has 0 saturated carbocycles. The van der Waals surface area contributed by atoms with Crippen molar-refractivity contribution in [2.75, 3.05) is 13.1 Å². The van der Waals surface area contributed by atoms with Gasteiger partial charge in [-0.1, -0.05) is 91.0 Å². The van der Waals surface area contributed by atoms with Crippen LogP contribution in [-0.4, -0.2) is 29.1 Å². The van der Waals surface area contributed by atoms with Crippen LogP contribution < -0.4 is 5.73 Å². The molecule has 3 heteroatoms. The maximum absolute atomic E-state index is 11.9. The Kier molecular flexibility index (Phi) is 5.58. The topological polar surface area (TPSA) is 49.5 Å². The van der Waals surface area contributed by atoms with E-state index in [1.54, 1.807) is 0 Å². The lowest BCUT2D eigenvalue weighted by molar-refractivity contribution is 0.0346. The van der Waals surface area contributed by atoms with Gasteiger partial charge in [0.25, 0.3) is 0 Å². The lowest BCUT2D eigenvalue weighted by Gasteiger charge is -2.38. The highest BCUT2D eigenvalue weighted by molar-refractivity contribution is 5.38. The molecule has 1 fully saturated rings. The van der Waals surface area contributed by atoms with Crippen molar-refractivity contribution in [1.82, 2.24) is 4.90 Å². The molecule has 0 spiro atoms. The molecule has 1 unspecified atom stereocenters. The first-order valence-electron chi connectivity index (χ1n) is 10.1. The van der Waals surface area contributed by atoms with Gasteiger partial charge in [0, 0.05) is 12.6 Å². The number of hydrogen-bond donors (Lipinski definition) is 2. The fourth-order valence-corrected chi connectivity index (χ4v) is 4.46. The number of aliphatic hydroxyl groups is 1. The van der Waals surface area contributed by atoms with Crippen molar-refractivity contribution in [3.8, 4) is 0 Å². The van der Waals surface area contributed by atoms with E-state index in [4.69, 9.17) is 5.73 Å². The van der Waals surface area contributed by atoms with Gasteiger partial charge in [-0.3, -0.25) is 4.90 Å². The Morgan fingerprint density at radius 1 is 0.857 bits per heavy atom. The summed E-state index contributed by atoms with van der Waals surface area (Å²) in [4.78, 5) is 2.43. The van der Waals surface area contributed by atoms with Gasteiger partial charge in [0.05, 0.1) is 6.04 Å². The Morgan fingerprint density at radius 3 is 1.89 bits per heavy atom. The predicted molar refractivity (Wildman–Crippen MR) is 114 cm³/mol. The normalized spacial score (nSPS) is 18.9. The van der Waals surface area contributed by atoms with E-state index in [2.05, 4.69) is 35.2 Å². The van der Waals surface area contributed by atoms with Crippen molar-refractivity contribution in [3.63, 3.8) is 0 Å². The second-order valence-electron chi connectivity index (χ2n) is 7.67. The number of nitrogens with zero attached hydrogens (tertiary/aromatic N) is 1. The molecule has 4 rings (SSSR count). The molecule has 1 aliphatic heterocycles. The van der Waals surface area contributed by atoms with E-state index in [0.29, 0.717) is 12.6 Å². The highest BCUT2D eigenvalue weighted by Crippen LogP contribution is 2.36. The van der Waals surface area contributed by atoms with Gasteiger partial charge in [-0.25, -0.2) is 0 Å². The van der Waals surface area contributed by atoms with E-state index < -0.39 is 11.6 Å². The van der Waals surface area contributed by atoms with Crippen LogP contribution in [-0.2, 0) is 5.60 Å². The van der Waals surface area contributed by atoms with Crippen LogP contribution in [0.3, 0.4) is 0 Å². The molecular formula is C25H28N2O. The zero-order valence-corrected chi connectivity index (χ0v) is 16.1. The highest BCUT2D eigenvalue weighted by atomic mass is 16.3. The molecule has 1 aliphatic rings. The number of hydrogen-bond acceptors (Lipinski definition) is 3. The minimum atomic E-state index is -1.23. The van der Waals surface area contributed by atoms with Gasteiger partial charge in [-0.05, 0) is 36.1 Å². The smallest absolute Gasteiger partial charge is 0.131 e. The maximum Gasteiger partial charge on any atom is 0.131 e. The second-order valence-corrected chi connectivity index (χ2v) is 7.67. The van der Waals surface area contributed by atoms with Crippen molar-refractivity contribution in [2.24, 2.45) is 5.73 Å². The van der Waals surface area contributed by atoms with Gasteiger partial charge < -0.3 is 10.8 Å². The molecule has 0 amide bonds. The van der Waals surface area contributed by atoms with E-state index in [1.807, 2.05) is 60.7 Å². The summed E-state index contributed by atoms with van der Waals surface area (Å²) in [6.45, 7) is 1.65. The van der Waals surface area contributed by atoms with Crippen molar-refractivity contribution >= 4 is 0 Å². The third-order valence-corrected chi connectivity index (χ3v) is 5.94. The molecule has 0 aliphatic carbocycles. The molecule has 144 valence electrons. The summed E-state index contributed by atoms with van der Waals surface area (Å²) < 4.78 is 0. The Morgan fingerprint density at radius 2 is 1.36 bits per heavy atom. The molecule has 3 nitrogen and oxygen atoms in total. The highest BCUT2D eigenvalue weighted by Gasteiger charge is 2.40. The van der Waals surface area contributed by atoms with Gasteiger partial charge in [-0.2, -0.15) is 0 Å². The fourth-order valence-electron chi connectivity index (χ4n) is 4.46.